The van der Waals surface area contributed by atoms with Gasteiger partial charge in [-0.1, -0.05) is 24.3 Å². The molecule has 5 nitrogen and oxygen atoms in total. The first kappa shape index (κ1) is 17.7. The first-order valence-corrected chi connectivity index (χ1v) is 7.66. The van der Waals surface area contributed by atoms with E-state index in [1.807, 2.05) is 5.32 Å². The van der Waals surface area contributed by atoms with E-state index in [4.69, 9.17) is 0 Å². The fourth-order valence-electron chi connectivity index (χ4n) is 2.66. The molecule has 8 heteroatoms. The Balaban J connectivity index is 2.02. The molecule has 0 aliphatic carbocycles. The molecule has 1 aromatic carbocycles. The fourth-order valence-corrected chi connectivity index (χ4v) is 2.66. The largest absolute Gasteiger partial charge is 0.414 e. The zero-order valence-electron chi connectivity index (χ0n) is 13.6. The van der Waals surface area contributed by atoms with Crippen LogP contribution in [0.25, 0.3) is 10.9 Å². The molecule has 134 valence electrons. The van der Waals surface area contributed by atoms with Gasteiger partial charge in [0.2, 0.25) is 0 Å². The molecular weight excluding hydrogens is 347 g/mol. The molecule has 0 spiro atoms. The highest BCUT2D eigenvalue weighted by Crippen LogP contribution is 2.31. The van der Waals surface area contributed by atoms with Crippen LogP contribution in [0.15, 0.2) is 59.5 Å². The van der Waals surface area contributed by atoms with Crippen molar-refractivity contribution >= 4 is 16.8 Å². The lowest BCUT2D eigenvalue weighted by molar-refractivity contribution is -0.156. The average molecular weight is 361 g/mol. The molecule has 3 aromatic rings. The van der Waals surface area contributed by atoms with Crippen molar-refractivity contribution in [3.63, 3.8) is 0 Å². The summed E-state index contributed by atoms with van der Waals surface area (Å²) in [5, 5.41) is 2.45. The van der Waals surface area contributed by atoms with Gasteiger partial charge in [0.05, 0.1) is 11.2 Å². The van der Waals surface area contributed by atoms with E-state index in [0.717, 1.165) is 6.07 Å². The maximum atomic E-state index is 13.4. The van der Waals surface area contributed by atoms with Crippen molar-refractivity contribution in [2.45, 2.75) is 12.2 Å². The van der Waals surface area contributed by atoms with Crippen LogP contribution in [0, 0.1) is 0 Å². The summed E-state index contributed by atoms with van der Waals surface area (Å²) in [6, 6.07) is 9.79. The van der Waals surface area contributed by atoms with E-state index in [-0.39, 0.29) is 11.3 Å². The minimum absolute atomic E-state index is 0.356. The highest BCUT2D eigenvalue weighted by molar-refractivity contribution is 5.97. The molecule has 1 amide bonds. The number of nitrogens with one attached hydrogen (secondary N) is 1. The summed E-state index contributed by atoms with van der Waals surface area (Å²) < 4.78 is 41.4. The summed E-state index contributed by atoms with van der Waals surface area (Å²) in [6.45, 7) is 0. The summed E-state index contributed by atoms with van der Waals surface area (Å²) in [4.78, 5) is 28.5. The Morgan fingerprint density at radius 1 is 1.15 bits per heavy atom. The van der Waals surface area contributed by atoms with Crippen molar-refractivity contribution in [3.05, 3.63) is 76.3 Å². The smallest absolute Gasteiger partial charge is 0.335 e. The molecule has 26 heavy (non-hydrogen) atoms. The number of para-hydroxylation sites is 1. The third-order valence-corrected chi connectivity index (χ3v) is 3.96. The molecular formula is C18H14F3N3O2. The lowest BCUT2D eigenvalue weighted by Gasteiger charge is -2.21. The Morgan fingerprint density at radius 2 is 1.85 bits per heavy atom. The first-order chi connectivity index (χ1) is 12.3. The molecule has 0 aliphatic rings. The topological polar surface area (TPSA) is 64.0 Å². The van der Waals surface area contributed by atoms with Gasteiger partial charge in [0, 0.05) is 13.2 Å². The number of carbonyl (C=O) groups excluding carboxylic acids is 1. The van der Waals surface area contributed by atoms with Gasteiger partial charge in [-0.05, 0) is 29.7 Å². The number of alkyl halides is 3. The lowest BCUT2D eigenvalue weighted by Crippen LogP contribution is -2.41. The Kier molecular flexibility index (Phi) is 4.50. The summed E-state index contributed by atoms with van der Waals surface area (Å²) in [5.74, 6) is -1.11. The second-order valence-electron chi connectivity index (χ2n) is 5.68. The number of nitrogens with zero attached hydrogens (tertiary/aromatic N) is 2. The molecule has 2 heterocycles. The Hall–Kier alpha value is -3.16. The van der Waals surface area contributed by atoms with Gasteiger partial charge in [0.25, 0.3) is 11.5 Å². The maximum Gasteiger partial charge on any atom is 0.414 e. The molecule has 0 saturated carbocycles. The van der Waals surface area contributed by atoms with E-state index < -0.39 is 23.7 Å². The van der Waals surface area contributed by atoms with Crippen molar-refractivity contribution < 1.29 is 18.0 Å². The van der Waals surface area contributed by atoms with Crippen molar-refractivity contribution in [1.29, 1.82) is 0 Å². The van der Waals surface area contributed by atoms with Gasteiger partial charge < -0.3 is 9.88 Å². The number of hydrogen-bond acceptors (Lipinski definition) is 3. The minimum Gasteiger partial charge on any atom is -0.335 e. The van der Waals surface area contributed by atoms with Crippen LogP contribution in [0.3, 0.4) is 0 Å². The third kappa shape index (κ3) is 3.30. The summed E-state index contributed by atoms with van der Waals surface area (Å²) in [5.41, 5.74) is -0.823. The van der Waals surface area contributed by atoms with Crippen LogP contribution >= 0.6 is 0 Å². The summed E-state index contributed by atoms with van der Waals surface area (Å²) in [6.07, 6.45) is -3.55. The van der Waals surface area contributed by atoms with Crippen molar-refractivity contribution in [1.82, 2.24) is 14.9 Å². The van der Waals surface area contributed by atoms with Crippen LogP contribution in [0.2, 0.25) is 0 Å². The van der Waals surface area contributed by atoms with Crippen molar-refractivity contribution in [2.75, 3.05) is 0 Å². The molecule has 1 N–H and O–H groups in total. The third-order valence-electron chi connectivity index (χ3n) is 3.96. The van der Waals surface area contributed by atoms with E-state index in [0.29, 0.717) is 10.9 Å². The second kappa shape index (κ2) is 6.62. The molecule has 0 fully saturated rings. The SMILES string of the molecule is Cn1c(=O)c(C(=O)N[C@@H](c2ccccn2)C(F)(F)F)cc2ccccc21. The standard InChI is InChI=1S/C18H14F3N3O2/c1-24-14-8-3-2-6-11(14)10-12(17(24)26)16(25)23-15(18(19,20)21)13-7-4-5-9-22-13/h2-10,15H,1H3,(H,23,25)/t15-/m0/s1. The van der Waals surface area contributed by atoms with Crippen LogP contribution < -0.4 is 10.9 Å². The summed E-state index contributed by atoms with van der Waals surface area (Å²) >= 11 is 0. The number of aromatic nitrogens is 2. The second-order valence-corrected chi connectivity index (χ2v) is 5.68. The number of halogens is 3. The predicted octanol–water partition coefficient (Wildman–Crippen LogP) is 2.97. The van der Waals surface area contributed by atoms with Crippen LogP contribution in [-0.4, -0.2) is 21.6 Å². The van der Waals surface area contributed by atoms with E-state index in [1.54, 1.807) is 24.3 Å². The van der Waals surface area contributed by atoms with Crippen LogP contribution in [0.5, 0.6) is 0 Å². The van der Waals surface area contributed by atoms with Crippen molar-refractivity contribution in [2.24, 2.45) is 7.05 Å². The van der Waals surface area contributed by atoms with Crippen molar-refractivity contribution in [3.8, 4) is 0 Å². The van der Waals surface area contributed by atoms with Gasteiger partial charge in [-0.2, -0.15) is 13.2 Å². The molecule has 0 saturated heterocycles. The van der Waals surface area contributed by atoms with Crippen LogP contribution in [0.4, 0.5) is 13.2 Å². The molecule has 0 bridgehead atoms. The van der Waals surface area contributed by atoms with Crippen LogP contribution in [0.1, 0.15) is 22.1 Å². The number of amides is 1. The number of benzene rings is 1. The molecule has 2 aromatic heterocycles. The van der Waals surface area contributed by atoms with Gasteiger partial charge in [0.15, 0.2) is 6.04 Å². The van der Waals surface area contributed by atoms with Gasteiger partial charge in [-0.15, -0.1) is 0 Å². The Labute approximate surface area is 146 Å². The molecule has 0 aliphatic heterocycles. The number of hydrogen-bond donors (Lipinski definition) is 1. The number of fused-ring (bicyclic) bond motifs is 1. The number of aryl methyl sites for hydroxylation is 1. The maximum absolute atomic E-state index is 13.4. The van der Waals surface area contributed by atoms with E-state index in [1.165, 1.54) is 36.0 Å². The molecule has 0 unspecified atom stereocenters. The highest BCUT2D eigenvalue weighted by atomic mass is 19.4. The minimum atomic E-state index is -4.76. The number of carbonyl (C=O) groups is 1. The number of rotatable bonds is 3. The van der Waals surface area contributed by atoms with Gasteiger partial charge in [-0.25, -0.2) is 0 Å². The Morgan fingerprint density at radius 3 is 2.50 bits per heavy atom. The number of pyridine rings is 2. The predicted molar refractivity (Wildman–Crippen MR) is 89.7 cm³/mol. The molecule has 3 rings (SSSR count). The first-order valence-electron chi connectivity index (χ1n) is 7.66. The Bertz CT molecular complexity index is 1010. The van der Waals surface area contributed by atoms with Gasteiger partial charge in [0.1, 0.15) is 5.56 Å². The van der Waals surface area contributed by atoms with Crippen LogP contribution in [-0.2, 0) is 7.05 Å². The quantitative estimate of drug-likeness (QED) is 0.780. The monoisotopic (exact) mass is 361 g/mol. The normalized spacial score (nSPS) is 12.8. The van der Waals surface area contributed by atoms with E-state index in [2.05, 4.69) is 4.98 Å². The zero-order valence-corrected chi connectivity index (χ0v) is 13.6. The highest BCUT2D eigenvalue weighted by Gasteiger charge is 2.43. The molecule has 1 atom stereocenters. The lowest BCUT2D eigenvalue weighted by atomic mass is 10.1. The van der Waals surface area contributed by atoms with Gasteiger partial charge in [-0.3, -0.25) is 14.6 Å². The fraction of sp³-hybridized carbons (Fsp3) is 0.167. The zero-order chi connectivity index (χ0) is 18.9. The summed E-state index contributed by atoms with van der Waals surface area (Å²) in [7, 11) is 1.46. The van der Waals surface area contributed by atoms with E-state index in [9.17, 15) is 22.8 Å². The van der Waals surface area contributed by atoms with E-state index >= 15 is 0 Å². The van der Waals surface area contributed by atoms with Gasteiger partial charge >= 0.3 is 6.18 Å². The average Bonchev–Trinajstić information content (AvgIpc) is 2.62. The molecule has 0 radical (unpaired) electrons.